The smallest absolute Gasteiger partial charge is 0.339 e. The van der Waals surface area contributed by atoms with Crippen LogP contribution in [0.4, 0.5) is 0 Å². The second-order valence-electron chi connectivity index (χ2n) is 5.58. The Bertz CT molecular complexity index is 515. The number of carboxylic acids is 1. The molecule has 116 valence electrons. The number of hydrogen-bond acceptors (Lipinski definition) is 3. The first-order valence-corrected chi connectivity index (χ1v) is 7.02. The van der Waals surface area contributed by atoms with Crippen LogP contribution in [0.2, 0.25) is 0 Å². The van der Waals surface area contributed by atoms with Gasteiger partial charge in [-0.3, -0.25) is 4.79 Å². The van der Waals surface area contributed by atoms with Crippen molar-refractivity contribution in [2.45, 2.75) is 46.7 Å². The van der Waals surface area contributed by atoms with Crippen LogP contribution in [0.25, 0.3) is 0 Å². The van der Waals surface area contributed by atoms with Crippen molar-refractivity contribution >= 4 is 11.9 Å². The Hall–Kier alpha value is -2.04. The highest BCUT2D eigenvalue weighted by molar-refractivity contribution is 5.91. The number of rotatable bonds is 6. The van der Waals surface area contributed by atoms with Gasteiger partial charge in [-0.05, 0) is 52.3 Å². The van der Waals surface area contributed by atoms with Gasteiger partial charge in [0.05, 0.1) is 0 Å². The maximum absolute atomic E-state index is 12.2. The Morgan fingerprint density at radius 3 is 2.24 bits per heavy atom. The van der Waals surface area contributed by atoms with E-state index in [2.05, 4.69) is 0 Å². The highest BCUT2D eigenvalue weighted by Gasteiger charge is 2.21. The van der Waals surface area contributed by atoms with Crippen molar-refractivity contribution in [2.75, 3.05) is 6.61 Å². The number of carbonyl (C=O) groups is 2. The minimum Gasteiger partial charge on any atom is -0.483 e. The number of ether oxygens (including phenoxy) is 1. The van der Waals surface area contributed by atoms with Gasteiger partial charge in [-0.2, -0.15) is 0 Å². The molecule has 0 unspecified atom stereocenters. The largest absolute Gasteiger partial charge is 0.483 e. The third-order valence-electron chi connectivity index (χ3n) is 3.12. The molecule has 1 N–H and O–H groups in total. The van der Waals surface area contributed by atoms with Crippen molar-refractivity contribution in [3.63, 3.8) is 0 Å². The Morgan fingerprint density at radius 2 is 1.76 bits per heavy atom. The second-order valence-corrected chi connectivity index (χ2v) is 5.58. The molecule has 0 aromatic heterocycles. The van der Waals surface area contributed by atoms with Crippen LogP contribution < -0.4 is 4.74 Å². The van der Waals surface area contributed by atoms with Crippen LogP contribution in [0.5, 0.6) is 5.75 Å². The number of nitrogens with zero attached hydrogens (tertiary/aromatic N) is 1. The van der Waals surface area contributed by atoms with Crippen LogP contribution in [-0.4, -0.2) is 40.6 Å². The molecule has 0 radical (unpaired) electrons. The fourth-order valence-corrected chi connectivity index (χ4v) is 2.31. The minimum absolute atomic E-state index is 0.0639. The molecule has 5 nitrogen and oxygen atoms in total. The number of benzene rings is 1. The Labute approximate surface area is 125 Å². The summed E-state index contributed by atoms with van der Waals surface area (Å²) in [5.41, 5.74) is 0.945. The highest BCUT2D eigenvalue weighted by Crippen LogP contribution is 2.20. The van der Waals surface area contributed by atoms with Gasteiger partial charge in [-0.25, -0.2) is 4.79 Å². The maximum atomic E-state index is 12.2. The van der Waals surface area contributed by atoms with Gasteiger partial charge >= 0.3 is 5.97 Å². The number of aromatic carboxylic acids is 1. The van der Waals surface area contributed by atoms with E-state index in [9.17, 15) is 9.59 Å². The summed E-state index contributed by atoms with van der Waals surface area (Å²) in [5, 5.41) is 9.13. The number of aryl methyl sites for hydroxylation is 1. The normalized spacial score (nSPS) is 10.8. The van der Waals surface area contributed by atoms with Crippen LogP contribution in [-0.2, 0) is 4.79 Å². The quantitative estimate of drug-likeness (QED) is 0.875. The summed E-state index contributed by atoms with van der Waals surface area (Å²) in [7, 11) is 0. The average molecular weight is 293 g/mol. The average Bonchev–Trinajstić information content (AvgIpc) is 2.35. The molecular formula is C16H23NO4. The van der Waals surface area contributed by atoms with Crippen molar-refractivity contribution in [3.8, 4) is 5.75 Å². The molecule has 0 atom stereocenters. The van der Waals surface area contributed by atoms with Gasteiger partial charge in [0.1, 0.15) is 11.3 Å². The summed E-state index contributed by atoms with van der Waals surface area (Å²) in [6, 6.07) is 4.95. The van der Waals surface area contributed by atoms with Gasteiger partial charge in [-0.15, -0.1) is 0 Å². The van der Waals surface area contributed by atoms with E-state index in [0.29, 0.717) is 0 Å². The maximum Gasteiger partial charge on any atom is 0.339 e. The number of amides is 1. The van der Waals surface area contributed by atoms with Crippen LogP contribution in [0.3, 0.4) is 0 Å². The lowest BCUT2D eigenvalue weighted by molar-refractivity contribution is -0.137. The van der Waals surface area contributed by atoms with Crippen LogP contribution in [0, 0.1) is 6.92 Å². The predicted molar refractivity (Wildman–Crippen MR) is 80.8 cm³/mol. The molecule has 21 heavy (non-hydrogen) atoms. The van der Waals surface area contributed by atoms with Crippen molar-refractivity contribution in [3.05, 3.63) is 29.3 Å². The topological polar surface area (TPSA) is 66.8 Å². The summed E-state index contributed by atoms with van der Waals surface area (Å²) >= 11 is 0. The molecule has 0 heterocycles. The Kier molecular flexibility index (Phi) is 5.76. The van der Waals surface area contributed by atoms with Gasteiger partial charge in [-0.1, -0.05) is 6.07 Å². The molecule has 0 fully saturated rings. The number of hydrogen-bond donors (Lipinski definition) is 1. The van der Waals surface area contributed by atoms with Gasteiger partial charge in [0.15, 0.2) is 6.61 Å². The van der Waals surface area contributed by atoms with Crippen molar-refractivity contribution in [2.24, 2.45) is 0 Å². The Morgan fingerprint density at radius 1 is 1.19 bits per heavy atom. The van der Waals surface area contributed by atoms with E-state index in [4.69, 9.17) is 9.84 Å². The van der Waals surface area contributed by atoms with E-state index >= 15 is 0 Å². The fourth-order valence-electron chi connectivity index (χ4n) is 2.31. The third kappa shape index (κ3) is 4.48. The lowest BCUT2D eigenvalue weighted by Crippen LogP contribution is -2.44. The monoisotopic (exact) mass is 293 g/mol. The Balaban J connectivity index is 2.86. The van der Waals surface area contributed by atoms with E-state index in [1.54, 1.807) is 17.0 Å². The molecule has 1 amide bonds. The van der Waals surface area contributed by atoms with Gasteiger partial charge in [0, 0.05) is 12.1 Å². The van der Waals surface area contributed by atoms with Crippen molar-refractivity contribution in [1.82, 2.24) is 4.90 Å². The van der Waals surface area contributed by atoms with Gasteiger partial charge in [0.2, 0.25) is 0 Å². The first-order valence-electron chi connectivity index (χ1n) is 7.02. The lowest BCUT2D eigenvalue weighted by atomic mass is 10.1. The predicted octanol–water partition coefficient (Wildman–Crippen LogP) is 2.72. The summed E-state index contributed by atoms with van der Waals surface area (Å²) in [6.07, 6.45) is 0. The summed E-state index contributed by atoms with van der Waals surface area (Å²) in [6.45, 7) is 9.43. The van der Waals surface area contributed by atoms with E-state index < -0.39 is 5.97 Å². The zero-order valence-corrected chi connectivity index (χ0v) is 13.2. The van der Waals surface area contributed by atoms with E-state index in [0.717, 1.165) is 5.56 Å². The van der Waals surface area contributed by atoms with Crippen LogP contribution >= 0.6 is 0 Å². The molecule has 0 aliphatic rings. The number of carbonyl (C=O) groups excluding carboxylic acids is 1. The molecule has 0 saturated carbocycles. The first kappa shape index (κ1) is 17.0. The minimum atomic E-state index is -1.07. The molecule has 0 spiro atoms. The molecule has 1 aromatic carbocycles. The van der Waals surface area contributed by atoms with Crippen molar-refractivity contribution < 1.29 is 19.4 Å². The second kappa shape index (κ2) is 7.11. The molecule has 5 heteroatoms. The zero-order valence-electron chi connectivity index (χ0n) is 13.2. The van der Waals surface area contributed by atoms with Crippen LogP contribution in [0.1, 0.15) is 43.6 Å². The molecule has 0 aliphatic heterocycles. The molecule has 1 rings (SSSR count). The number of carboxylic acid groups (broad SMARTS) is 1. The molecule has 0 saturated heterocycles. The fraction of sp³-hybridized carbons (Fsp3) is 0.500. The zero-order chi connectivity index (χ0) is 16.2. The molecular weight excluding hydrogens is 270 g/mol. The summed E-state index contributed by atoms with van der Waals surface area (Å²) < 4.78 is 5.45. The summed E-state index contributed by atoms with van der Waals surface area (Å²) in [4.78, 5) is 25.1. The highest BCUT2D eigenvalue weighted by atomic mass is 16.5. The van der Waals surface area contributed by atoms with E-state index in [1.807, 2.05) is 34.6 Å². The first-order chi connectivity index (χ1) is 9.73. The van der Waals surface area contributed by atoms with Crippen molar-refractivity contribution in [1.29, 1.82) is 0 Å². The van der Waals surface area contributed by atoms with E-state index in [1.165, 1.54) is 6.07 Å². The molecule has 1 aromatic rings. The van der Waals surface area contributed by atoms with Gasteiger partial charge in [0.25, 0.3) is 5.91 Å². The standard InChI is InChI=1S/C16H23NO4/c1-10(2)17(11(3)4)15(18)9-21-14-8-12(5)6-7-13(14)16(19)20/h6-8,10-11H,9H2,1-5H3,(H,19,20). The summed E-state index contributed by atoms with van der Waals surface area (Å²) in [5.74, 6) is -0.997. The van der Waals surface area contributed by atoms with Gasteiger partial charge < -0.3 is 14.7 Å². The molecule has 0 bridgehead atoms. The SMILES string of the molecule is Cc1ccc(C(=O)O)c(OCC(=O)N(C(C)C)C(C)C)c1. The van der Waals surface area contributed by atoms with E-state index in [-0.39, 0.29) is 35.9 Å². The third-order valence-corrected chi connectivity index (χ3v) is 3.12. The van der Waals surface area contributed by atoms with Crippen LogP contribution in [0.15, 0.2) is 18.2 Å². The lowest BCUT2D eigenvalue weighted by Gasteiger charge is -2.30. The molecule has 0 aliphatic carbocycles.